The monoisotopic (exact) mass is 333 g/mol. The van der Waals surface area contributed by atoms with Crippen LogP contribution in [0.4, 0.5) is 0 Å². The zero-order valence-corrected chi connectivity index (χ0v) is 15.6. The van der Waals surface area contributed by atoms with Gasteiger partial charge < -0.3 is 15.0 Å². The lowest BCUT2D eigenvalue weighted by atomic mass is 9.96. The molecule has 2 rings (SSSR count). The fraction of sp³-hybridized carbons (Fsp3) is 0.632. The van der Waals surface area contributed by atoms with Crippen molar-refractivity contribution in [1.82, 2.24) is 15.1 Å². The summed E-state index contributed by atoms with van der Waals surface area (Å²) in [5.74, 6) is 1.26. The number of methoxy groups -OCH3 is 1. The van der Waals surface area contributed by atoms with E-state index >= 15 is 0 Å². The molecule has 0 saturated carbocycles. The zero-order valence-electron chi connectivity index (χ0n) is 15.6. The predicted octanol–water partition coefficient (Wildman–Crippen LogP) is 2.14. The molecule has 134 valence electrons. The minimum absolute atomic E-state index is 0.0196. The van der Waals surface area contributed by atoms with E-state index in [9.17, 15) is 4.79 Å². The van der Waals surface area contributed by atoms with E-state index in [1.165, 1.54) is 0 Å². The van der Waals surface area contributed by atoms with Crippen molar-refractivity contribution in [3.05, 3.63) is 29.8 Å². The number of rotatable bonds is 6. The average Bonchev–Trinajstić information content (AvgIpc) is 2.55. The maximum atomic E-state index is 12.6. The van der Waals surface area contributed by atoms with E-state index in [2.05, 4.69) is 42.9 Å². The second-order valence-corrected chi connectivity index (χ2v) is 7.14. The number of carbonyl (C=O) groups excluding carboxylic acids is 1. The van der Waals surface area contributed by atoms with E-state index in [1.54, 1.807) is 7.11 Å². The van der Waals surface area contributed by atoms with Crippen LogP contribution in [0.3, 0.4) is 0 Å². The third kappa shape index (κ3) is 4.95. The molecule has 5 nitrogen and oxygen atoms in total. The molecule has 1 aliphatic rings. The Bertz CT molecular complexity index is 530. The van der Waals surface area contributed by atoms with Crippen LogP contribution in [-0.2, 0) is 4.79 Å². The third-order valence-corrected chi connectivity index (χ3v) is 4.77. The SMILES string of the molecule is COc1ccc(C(NC(=O)CN2CCN(C)CC2C)C(C)C)cc1. The van der Waals surface area contributed by atoms with Crippen LogP contribution >= 0.6 is 0 Å². The standard InChI is InChI=1S/C19H31N3O2/c1-14(2)19(16-6-8-17(24-5)9-7-16)20-18(23)13-22-11-10-21(4)12-15(22)3/h6-9,14-15,19H,10-13H2,1-5H3,(H,20,23). The van der Waals surface area contributed by atoms with Gasteiger partial charge in [-0.15, -0.1) is 0 Å². The van der Waals surface area contributed by atoms with E-state index in [0.29, 0.717) is 18.5 Å². The molecule has 1 saturated heterocycles. The summed E-state index contributed by atoms with van der Waals surface area (Å²) in [6.07, 6.45) is 0. The van der Waals surface area contributed by atoms with Gasteiger partial charge in [-0.3, -0.25) is 9.69 Å². The molecule has 1 fully saturated rings. The van der Waals surface area contributed by atoms with Gasteiger partial charge >= 0.3 is 0 Å². The summed E-state index contributed by atoms with van der Waals surface area (Å²) in [6, 6.07) is 8.38. The summed E-state index contributed by atoms with van der Waals surface area (Å²) in [6.45, 7) is 9.89. The van der Waals surface area contributed by atoms with Crippen LogP contribution in [0.2, 0.25) is 0 Å². The second kappa shape index (κ2) is 8.49. The molecule has 1 amide bonds. The number of ether oxygens (including phenoxy) is 1. The minimum atomic E-state index is 0.0196. The van der Waals surface area contributed by atoms with Crippen LogP contribution in [0.5, 0.6) is 5.75 Å². The zero-order chi connectivity index (χ0) is 17.7. The highest BCUT2D eigenvalue weighted by molar-refractivity contribution is 5.78. The number of nitrogens with zero attached hydrogens (tertiary/aromatic N) is 2. The lowest BCUT2D eigenvalue weighted by Crippen LogP contribution is -2.53. The van der Waals surface area contributed by atoms with Gasteiger partial charge in [0.2, 0.25) is 5.91 Å². The average molecular weight is 333 g/mol. The Balaban J connectivity index is 1.98. The van der Waals surface area contributed by atoms with Crippen molar-refractivity contribution in [2.75, 3.05) is 40.3 Å². The Kier molecular flexibility index (Phi) is 6.63. The maximum Gasteiger partial charge on any atom is 0.234 e. The summed E-state index contributed by atoms with van der Waals surface area (Å²) in [5, 5.41) is 3.21. The van der Waals surface area contributed by atoms with Crippen LogP contribution < -0.4 is 10.1 Å². The number of amides is 1. The topological polar surface area (TPSA) is 44.8 Å². The number of piperazine rings is 1. The minimum Gasteiger partial charge on any atom is -0.497 e. The van der Waals surface area contributed by atoms with Crippen molar-refractivity contribution in [1.29, 1.82) is 0 Å². The van der Waals surface area contributed by atoms with Gasteiger partial charge in [0.1, 0.15) is 5.75 Å². The van der Waals surface area contributed by atoms with Gasteiger partial charge in [-0.05, 0) is 37.6 Å². The first kappa shape index (κ1) is 18.7. The van der Waals surface area contributed by atoms with Gasteiger partial charge in [-0.2, -0.15) is 0 Å². The number of hydrogen-bond donors (Lipinski definition) is 1. The summed E-state index contributed by atoms with van der Waals surface area (Å²) >= 11 is 0. The van der Waals surface area contributed by atoms with Gasteiger partial charge in [0, 0.05) is 25.7 Å². The van der Waals surface area contributed by atoms with E-state index in [0.717, 1.165) is 30.9 Å². The Labute approximate surface area is 146 Å². The highest BCUT2D eigenvalue weighted by Gasteiger charge is 2.25. The molecule has 0 radical (unpaired) electrons. The fourth-order valence-corrected chi connectivity index (χ4v) is 3.26. The molecular formula is C19H31N3O2. The summed E-state index contributed by atoms with van der Waals surface area (Å²) in [5.41, 5.74) is 1.12. The fourth-order valence-electron chi connectivity index (χ4n) is 3.26. The Morgan fingerprint density at radius 1 is 1.29 bits per heavy atom. The van der Waals surface area contributed by atoms with Crippen LogP contribution in [0.25, 0.3) is 0 Å². The molecule has 1 aromatic carbocycles. The molecule has 1 aromatic rings. The van der Waals surface area contributed by atoms with Crippen molar-refractivity contribution in [2.24, 2.45) is 5.92 Å². The summed E-state index contributed by atoms with van der Waals surface area (Å²) in [7, 11) is 3.79. The van der Waals surface area contributed by atoms with Crippen LogP contribution in [0.1, 0.15) is 32.4 Å². The molecule has 0 bridgehead atoms. The predicted molar refractivity (Wildman–Crippen MR) is 97.2 cm³/mol. The smallest absolute Gasteiger partial charge is 0.234 e. The molecular weight excluding hydrogens is 302 g/mol. The maximum absolute atomic E-state index is 12.6. The van der Waals surface area contributed by atoms with Crippen molar-refractivity contribution in [3.8, 4) is 5.75 Å². The molecule has 24 heavy (non-hydrogen) atoms. The normalized spacial score (nSPS) is 20.8. The second-order valence-electron chi connectivity index (χ2n) is 7.14. The van der Waals surface area contributed by atoms with Gasteiger partial charge in [0.15, 0.2) is 0 Å². The Morgan fingerprint density at radius 2 is 1.96 bits per heavy atom. The van der Waals surface area contributed by atoms with Gasteiger partial charge in [0.05, 0.1) is 19.7 Å². The highest BCUT2D eigenvalue weighted by atomic mass is 16.5. The first-order valence-corrected chi connectivity index (χ1v) is 8.76. The molecule has 1 N–H and O–H groups in total. The number of benzene rings is 1. The first-order valence-electron chi connectivity index (χ1n) is 8.76. The summed E-state index contributed by atoms with van der Waals surface area (Å²) < 4.78 is 5.21. The van der Waals surface area contributed by atoms with Crippen LogP contribution in [-0.4, -0.2) is 62.1 Å². The van der Waals surface area contributed by atoms with Gasteiger partial charge in [-0.1, -0.05) is 26.0 Å². The van der Waals surface area contributed by atoms with E-state index in [1.807, 2.05) is 24.3 Å². The Morgan fingerprint density at radius 3 is 2.50 bits per heavy atom. The number of hydrogen-bond acceptors (Lipinski definition) is 4. The molecule has 2 atom stereocenters. The number of nitrogens with one attached hydrogen (secondary N) is 1. The largest absolute Gasteiger partial charge is 0.497 e. The molecule has 1 aliphatic heterocycles. The molecule has 1 heterocycles. The molecule has 2 unspecified atom stereocenters. The quantitative estimate of drug-likeness (QED) is 0.866. The molecule has 5 heteroatoms. The summed E-state index contributed by atoms with van der Waals surface area (Å²) in [4.78, 5) is 17.1. The number of likely N-dealkylation sites (N-methyl/N-ethyl adjacent to an activating group) is 1. The lowest BCUT2D eigenvalue weighted by molar-refractivity contribution is -0.124. The van der Waals surface area contributed by atoms with Crippen molar-refractivity contribution >= 4 is 5.91 Å². The van der Waals surface area contributed by atoms with Crippen molar-refractivity contribution < 1.29 is 9.53 Å². The molecule has 0 aliphatic carbocycles. The van der Waals surface area contributed by atoms with E-state index < -0.39 is 0 Å². The number of carbonyl (C=O) groups is 1. The van der Waals surface area contributed by atoms with Crippen LogP contribution in [0.15, 0.2) is 24.3 Å². The van der Waals surface area contributed by atoms with E-state index in [-0.39, 0.29) is 11.9 Å². The van der Waals surface area contributed by atoms with Crippen molar-refractivity contribution in [3.63, 3.8) is 0 Å². The van der Waals surface area contributed by atoms with E-state index in [4.69, 9.17) is 4.74 Å². The highest BCUT2D eigenvalue weighted by Crippen LogP contribution is 2.24. The van der Waals surface area contributed by atoms with Gasteiger partial charge in [0.25, 0.3) is 0 Å². The Hall–Kier alpha value is -1.59. The van der Waals surface area contributed by atoms with Crippen molar-refractivity contribution in [2.45, 2.75) is 32.9 Å². The third-order valence-electron chi connectivity index (χ3n) is 4.77. The van der Waals surface area contributed by atoms with Gasteiger partial charge in [-0.25, -0.2) is 0 Å². The lowest BCUT2D eigenvalue weighted by Gasteiger charge is -2.38. The first-order chi connectivity index (χ1) is 11.4. The van der Waals surface area contributed by atoms with Crippen LogP contribution in [0, 0.1) is 5.92 Å². The molecule has 0 aromatic heterocycles. The molecule has 0 spiro atoms.